The molecule has 31 heavy (non-hydrogen) atoms. The molecule has 1 atom stereocenters. The minimum Gasteiger partial charge on any atom is -0.494 e. The summed E-state index contributed by atoms with van der Waals surface area (Å²) >= 11 is 1.36. The number of methoxy groups -OCH3 is 1. The maximum absolute atomic E-state index is 13.1. The van der Waals surface area contributed by atoms with Crippen molar-refractivity contribution in [3.8, 4) is 11.4 Å². The van der Waals surface area contributed by atoms with Gasteiger partial charge < -0.3 is 14.5 Å². The molecule has 0 saturated carbocycles. The molecule has 4 rings (SSSR count). The number of carbonyl (C=O) groups is 1. The molecule has 1 amide bonds. The molecule has 0 bridgehead atoms. The van der Waals surface area contributed by atoms with Crippen LogP contribution >= 0.6 is 11.8 Å². The molecule has 0 spiro atoms. The third kappa shape index (κ3) is 4.66. The highest BCUT2D eigenvalue weighted by Gasteiger charge is 2.27. The average molecular weight is 439 g/mol. The minimum absolute atomic E-state index is 0.100. The summed E-state index contributed by atoms with van der Waals surface area (Å²) < 4.78 is 7.10. The molecule has 0 radical (unpaired) electrons. The van der Waals surface area contributed by atoms with Crippen molar-refractivity contribution in [1.29, 1.82) is 0 Å². The number of carbonyl (C=O) groups excluding carboxylic acids is 1. The van der Waals surface area contributed by atoms with E-state index in [2.05, 4.69) is 32.6 Å². The molecule has 0 N–H and O–H groups in total. The SMILES string of the molecule is COc1ccc(C)cc1-n1nnnc1SC(C)C(=O)N1CCN(c2ccccc2)CC1. The second-order valence-corrected chi connectivity index (χ2v) is 8.76. The largest absolute Gasteiger partial charge is 0.494 e. The first kappa shape index (κ1) is 21.2. The first-order valence-electron chi connectivity index (χ1n) is 10.3. The number of hydrogen-bond donors (Lipinski definition) is 0. The van der Waals surface area contributed by atoms with E-state index in [-0.39, 0.29) is 11.2 Å². The van der Waals surface area contributed by atoms with E-state index in [1.54, 1.807) is 11.8 Å². The Morgan fingerprint density at radius 2 is 1.84 bits per heavy atom. The highest BCUT2D eigenvalue weighted by molar-refractivity contribution is 8.00. The van der Waals surface area contributed by atoms with Crippen LogP contribution < -0.4 is 9.64 Å². The summed E-state index contributed by atoms with van der Waals surface area (Å²) in [6.07, 6.45) is 0. The van der Waals surface area contributed by atoms with Gasteiger partial charge in [-0.1, -0.05) is 36.0 Å². The van der Waals surface area contributed by atoms with Gasteiger partial charge in [0.2, 0.25) is 11.1 Å². The number of piperazine rings is 1. The Hall–Kier alpha value is -3.07. The van der Waals surface area contributed by atoms with Crippen molar-refractivity contribution in [3.63, 3.8) is 0 Å². The Balaban J connectivity index is 1.42. The third-order valence-corrected chi connectivity index (χ3v) is 6.37. The summed E-state index contributed by atoms with van der Waals surface area (Å²) in [6, 6.07) is 16.1. The van der Waals surface area contributed by atoms with Crippen molar-refractivity contribution in [2.45, 2.75) is 24.3 Å². The molecule has 1 unspecified atom stereocenters. The van der Waals surface area contributed by atoms with Crippen molar-refractivity contribution >= 4 is 23.4 Å². The summed E-state index contributed by atoms with van der Waals surface area (Å²) in [5.41, 5.74) is 3.03. The molecule has 1 aliphatic heterocycles. The van der Waals surface area contributed by atoms with Crippen molar-refractivity contribution in [3.05, 3.63) is 54.1 Å². The average Bonchev–Trinajstić information content (AvgIpc) is 3.27. The van der Waals surface area contributed by atoms with Gasteiger partial charge in [0, 0.05) is 31.9 Å². The Morgan fingerprint density at radius 1 is 1.10 bits per heavy atom. The van der Waals surface area contributed by atoms with E-state index in [0.717, 1.165) is 24.3 Å². The standard InChI is InChI=1S/C22H26N6O2S/c1-16-9-10-20(30-3)19(15-16)28-22(23-24-25-28)31-17(2)21(29)27-13-11-26(12-14-27)18-7-5-4-6-8-18/h4-10,15,17H,11-14H2,1-3H3. The fourth-order valence-corrected chi connectivity index (χ4v) is 4.54. The lowest BCUT2D eigenvalue weighted by molar-refractivity contribution is -0.130. The Kier molecular flexibility index (Phi) is 6.41. The monoisotopic (exact) mass is 438 g/mol. The van der Waals surface area contributed by atoms with E-state index in [9.17, 15) is 4.79 Å². The number of benzene rings is 2. The first-order chi connectivity index (χ1) is 15.1. The molecule has 162 valence electrons. The van der Waals surface area contributed by atoms with E-state index < -0.39 is 0 Å². The smallest absolute Gasteiger partial charge is 0.236 e. The van der Waals surface area contributed by atoms with Crippen molar-refractivity contribution < 1.29 is 9.53 Å². The number of ether oxygens (including phenoxy) is 1. The van der Waals surface area contributed by atoms with Crippen LogP contribution in [0.4, 0.5) is 5.69 Å². The highest BCUT2D eigenvalue weighted by atomic mass is 32.2. The summed E-state index contributed by atoms with van der Waals surface area (Å²) in [5.74, 6) is 0.777. The fourth-order valence-electron chi connectivity index (χ4n) is 3.66. The number of thioether (sulfide) groups is 1. The second kappa shape index (κ2) is 9.38. The van der Waals surface area contributed by atoms with Gasteiger partial charge in [0.1, 0.15) is 11.4 Å². The molecular formula is C22H26N6O2S. The van der Waals surface area contributed by atoms with Crippen LogP contribution in [0.15, 0.2) is 53.7 Å². The van der Waals surface area contributed by atoms with Crippen molar-refractivity contribution in [1.82, 2.24) is 25.1 Å². The van der Waals surface area contributed by atoms with Crippen LogP contribution in [-0.4, -0.2) is 69.6 Å². The molecule has 3 aromatic rings. The van der Waals surface area contributed by atoms with Gasteiger partial charge in [-0.3, -0.25) is 4.79 Å². The molecule has 0 aliphatic carbocycles. The maximum Gasteiger partial charge on any atom is 0.236 e. The zero-order chi connectivity index (χ0) is 21.8. The fraction of sp³-hybridized carbons (Fsp3) is 0.364. The van der Waals surface area contributed by atoms with Gasteiger partial charge >= 0.3 is 0 Å². The number of nitrogens with zero attached hydrogens (tertiary/aromatic N) is 6. The van der Waals surface area contributed by atoms with Gasteiger partial charge in [0.15, 0.2) is 0 Å². The first-order valence-corrected chi connectivity index (χ1v) is 11.1. The van der Waals surface area contributed by atoms with Crippen molar-refractivity contribution in [2.24, 2.45) is 0 Å². The highest BCUT2D eigenvalue weighted by Crippen LogP contribution is 2.29. The van der Waals surface area contributed by atoms with E-state index in [4.69, 9.17) is 4.74 Å². The molecule has 1 aliphatic rings. The number of rotatable bonds is 6. The topological polar surface area (TPSA) is 76.4 Å². The number of aromatic nitrogens is 4. The van der Waals surface area contributed by atoms with Crippen molar-refractivity contribution in [2.75, 3.05) is 38.2 Å². The summed E-state index contributed by atoms with van der Waals surface area (Å²) in [7, 11) is 1.62. The number of aryl methyl sites for hydroxylation is 1. The molecule has 1 fully saturated rings. The number of anilines is 1. The summed E-state index contributed by atoms with van der Waals surface area (Å²) in [4.78, 5) is 17.3. The minimum atomic E-state index is -0.302. The van der Waals surface area contributed by atoms with E-state index in [0.29, 0.717) is 24.0 Å². The number of para-hydroxylation sites is 1. The zero-order valence-corrected chi connectivity index (χ0v) is 18.7. The Labute approximate surface area is 186 Å². The van der Waals surface area contributed by atoms with E-state index in [1.165, 1.54) is 17.4 Å². The van der Waals surface area contributed by atoms with Crippen LogP contribution in [-0.2, 0) is 4.79 Å². The molecule has 2 aromatic carbocycles. The van der Waals surface area contributed by atoms with Gasteiger partial charge in [0.25, 0.3) is 0 Å². The predicted octanol–water partition coefficient (Wildman–Crippen LogP) is 2.81. The van der Waals surface area contributed by atoms with Crippen LogP contribution in [0.25, 0.3) is 5.69 Å². The molecule has 1 aromatic heterocycles. The zero-order valence-electron chi connectivity index (χ0n) is 17.9. The van der Waals surface area contributed by atoms with Crippen LogP contribution in [0.5, 0.6) is 5.75 Å². The van der Waals surface area contributed by atoms with Gasteiger partial charge in [-0.25, -0.2) is 0 Å². The van der Waals surface area contributed by atoms with Gasteiger partial charge in [-0.15, -0.1) is 5.10 Å². The van der Waals surface area contributed by atoms with Gasteiger partial charge in [-0.2, -0.15) is 4.68 Å². The van der Waals surface area contributed by atoms with Crippen LogP contribution in [0.3, 0.4) is 0 Å². The van der Waals surface area contributed by atoms with Crippen LogP contribution in [0.1, 0.15) is 12.5 Å². The molecule has 1 saturated heterocycles. The Bertz CT molecular complexity index is 1030. The molecule has 8 nitrogen and oxygen atoms in total. The Morgan fingerprint density at radius 3 is 2.55 bits per heavy atom. The van der Waals surface area contributed by atoms with Gasteiger partial charge in [0.05, 0.1) is 12.4 Å². The second-order valence-electron chi connectivity index (χ2n) is 7.46. The molecule has 9 heteroatoms. The lowest BCUT2D eigenvalue weighted by Gasteiger charge is -2.37. The lowest BCUT2D eigenvalue weighted by Crippen LogP contribution is -2.50. The quantitative estimate of drug-likeness (QED) is 0.548. The van der Waals surface area contributed by atoms with E-state index in [1.807, 2.05) is 55.1 Å². The number of tetrazole rings is 1. The molecular weight excluding hydrogens is 412 g/mol. The summed E-state index contributed by atoms with van der Waals surface area (Å²) in [6.45, 7) is 6.96. The predicted molar refractivity (Wildman–Crippen MR) is 121 cm³/mol. The van der Waals surface area contributed by atoms with Gasteiger partial charge in [-0.05, 0) is 54.1 Å². The number of hydrogen-bond acceptors (Lipinski definition) is 7. The van der Waals surface area contributed by atoms with Crippen LogP contribution in [0.2, 0.25) is 0 Å². The normalized spacial score (nSPS) is 15.1. The van der Waals surface area contributed by atoms with Crippen LogP contribution in [0, 0.1) is 6.92 Å². The van der Waals surface area contributed by atoms with E-state index >= 15 is 0 Å². The lowest BCUT2D eigenvalue weighted by atomic mass is 10.2. The summed E-state index contributed by atoms with van der Waals surface area (Å²) in [5, 5.41) is 12.4. The maximum atomic E-state index is 13.1. The molecule has 2 heterocycles. The third-order valence-electron chi connectivity index (χ3n) is 5.35. The number of amides is 1.